The number of rotatable bonds is 0. The fraction of sp³-hybridized carbons (Fsp3) is 0. The number of thiazole rings is 1. The maximum atomic E-state index is 5.76. The number of nitrogens with zero attached hydrogens (tertiary/aromatic N) is 1. The Morgan fingerprint density at radius 2 is 2.27 bits per heavy atom. The molecule has 0 radical (unpaired) electrons. The van der Waals surface area contributed by atoms with Gasteiger partial charge in [0.25, 0.3) is 0 Å². The van der Waals surface area contributed by atoms with Gasteiger partial charge < -0.3 is 0 Å². The van der Waals surface area contributed by atoms with Gasteiger partial charge in [-0.15, -0.1) is 11.3 Å². The minimum Gasteiger partial charge on any atom is -0.225 e. The Kier molecular flexibility index (Phi) is 2.03. The highest BCUT2D eigenvalue weighted by atomic mass is 127. The van der Waals surface area contributed by atoms with Crippen molar-refractivity contribution in [2.24, 2.45) is 0 Å². The highest BCUT2D eigenvalue weighted by Gasteiger charge is 2.02. The van der Waals surface area contributed by atoms with Gasteiger partial charge in [-0.25, -0.2) is 4.98 Å². The lowest BCUT2D eigenvalue weighted by molar-refractivity contribution is 1.50. The van der Waals surface area contributed by atoms with Crippen molar-refractivity contribution in [3.05, 3.63) is 26.2 Å². The molecule has 0 aliphatic heterocycles. The third-order valence-corrected chi connectivity index (χ3v) is 3.81. The van der Waals surface area contributed by atoms with Crippen molar-refractivity contribution >= 4 is 55.7 Å². The predicted molar refractivity (Wildman–Crippen MR) is 57.3 cm³/mol. The van der Waals surface area contributed by atoms with Gasteiger partial charge in [-0.3, -0.25) is 0 Å². The molecular formula is C7H3ClINS. The van der Waals surface area contributed by atoms with Crippen LogP contribution < -0.4 is 0 Å². The molecule has 0 atom stereocenters. The monoisotopic (exact) mass is 295 g/mol. The second kappa shape index (κ2) is 2.88. The second-order valence-corrected chi connectivity index (χ2v) is 4.80. The van der Waals surface area contributed by atoms with E-state index in [4.69, 9.17) is 11.6 Å². The van der Waals surface area contributed by atoms with E-state index in [2.05, 4.69) is 33.6 Å². The van der Waals surface area contributed by atoms with Crippen LogP contribution in [0.1, 0.15) is 0 Å². The number of hydrogen-bond donors (Lipinski definition) is 0. The summed E-state index contributed by atoms with van der Waals surface area (Å²) in [7, 11) is 0. The van der Waals surface area contributed by atoms with Crippen molar-refractivity contribution in [3.63, 3.8) is 0 Å². The van der Waals surface area contributed by atoms with Crippen molar-refractivity contribution in [3.8, 4) is 0 Å². The van der Waals surface area contributed by atoms with Crippen LogP contribution in [-0.2, 0) is 0 Å². The highest BCUT2D eigenvalue weighted by Crippen LogP contribution is 2.29. The van der Waals surface area contributed by atoms with Crippen LogP contribution in [0.5, 0.6) is 0 Å². The van der Waals surface area contributed by atoms with E-state index < -0.39 is 0 Å². The molecule has 0 unspecified atom stereocenters. The molecule has 1 aromatic heterocycles. The third kappa shape index (κ3) is 1.37. The van der Waals surface area contributed by atoms with Crippen molar-refractivity contribution in [1.82, 2.24) is 4.98 Å². The quantitative estimate of drug-likeness (QED) is 0.677. The fourth-order valence-corrected chi connectivity index (χ4v) is 2.72. The minimum absolute atomic E-state index is 0.615. The van der Waals surface area contributed by atoms with Crippen LogP contribution in [0.25, 0.3) is 10.2 Å². The van der Waals surface area contributed by atoms with Crippen molar-refractivity contribution in [1.29, 1.82) is 0 Å². The van der Waals surface area contributed by atoms with Crippen LogP contribution in [0.4, 0.5) is 0 Å². The lowest BCUT2D eigenvalue weighted by Gasteiger charge is -1.88. The average molecular weight is 296 g/mol. The van der Waals surface area contributed by atoms with Gasteiger partial charge in [0.2, 0.25) is 0 Å². The molecule has 0 amide bonds. The molecule has 56 valence electrons. The van der Waals surface area contributed by atoms with Gasteiger partial charge in [0, 0.05) is 3.57 Å². The summed E-state index contributed by atoms with van der Waals surface area (Å²) < 4.78 is 3.01. The van der Waals surface area contributed by atoms with Gasteiger partial charge in [-0.2, -0.15) is 0 Å². The molecule has 1 heterocycles. The first kappa shape index (κ1) is 7.76. The summed E-state index contributed by atoms with van der Waals surface area (Å²) in [6.07, 6.45) is 0. The lowest BCUT2D eigenvalue weighted by atomic mass is 10.3. The molecule has 2 rings (SSSR count). The SMILES string of the molecule is Clc1nc2cccc(I)c2s1. The topological polar surface area (TPSA) is 12.9 Å². The molecule has 2 aromatic rings. The predicted octanol–water partition coefficient (Wildman–Crippen LogP) is 3.55. The van der Waals surface area contributed by atoms with Crippen molar-refractivity contribution in [2.75, 3.05) is 0 Å². The molecule has 1 aromatic carbocycles. The Hall–Kier alpha value is 0.130. The van der Waals surface area contributed by atoms with Gasteiger partial charge in [0.1, 0.15) is 0 Å². The first-order valence-corrected chi connectivity index (χ1v) is 5.25. The lowest BCUT2D eigenvalue weighted by Crippen LogP contribution is -1.69. The average Bonchev–Trinajstić information content (AvgIpc) is 2.31. The number of fused-ring (bicyclic) bond motifs is 1. The Balaban J connectivity index is 2.90. The van der Waals surface area contributed by atoms with Crippen LogP contribution in [0.3, 0.4) is 0 Å². The first-order chi connectivity index (χ1) is 5.27. The zero-order chi connectivity index (χ0) is 7.84. The summed E-state index contributed by atoms with van der Waals surface area (Å²) in [5.74, 6) is 0. The molecule has 0 saturated heterocycles. The highest BCUT2D eigenvalue weighted by molar-refractivity contribution is 14.1. The van der Waals surface area contributed by atoms with Crippen LogP contribution in [0.15, 0.2) is 18.2 Å². The van der Waals surface area contributed by atoms with Gasteiger partial charge in [0.15, 0.2) is 4.47 Å². The molecule has 0 N–H and O–H groups in total. The Labute approximate surface area is 86.5 Å². The van der Waals surface area contributed by atoms with E-state index in [1.54, 1.807) is 0 Å². The molecule has 0 saturated carbocycles. The number of benzene rings is 1. The summed E-state index contributed by atoms with van der Waals surface area (Å²) in [4.78, 5) is 4.15. The van der Waals surface area contributed by atoms with Crippen LogP contribution in [0.2, 0.25) is 4.47 Å². The molecule has 4 heteroatoms. The standard InChI is InChI=1S/C7H3ClINS/c8-7-10-5-3-1-2-4(9)6(5)11-7/h1-3H. The number of hydrogen-bond acceptors (Lipinski definition) is 2. The molecule has 0 spiro atoms. The third-order valence-electron chi connectivity index (χ3n) is 1.34. The van der Waals surface area contributed by atoms with E-state index in [-0.39, 0.29) is 0 Å². The molecule has 0 bridgehead atoms. The number of aromatic nitrogens is 1. The van der Waals surface area contributed by atoms with Gasteiger partial charge in [-0.1, -0.05) is 17.7 Å². The zero-order valence-corrected chi connectivity index (χ0v) is 9.07. The van der Waals surface area contributed by atoms with E-state index in [1.807, 2.05) is 12.1 Å². The van der Waals surface area contributed by atoms with E-state index >= 15 is 0 Å². The molecule has 11 heavy (non-hydrogen) atoms. The van der Waals surface area contributed by atoms with Crippen LogP contribution in [0, 0.1) is 3.57 Å². The zero-order valence-electron chi connectivity index (χ0n) is 5.34. The number of halogens is 2. The Morgan fingerprint density at radius 1 is 1.45 bits per heavy atom. The molecule has 1 nitrogen and oxygen atoms in total. The summed E-state index contributed by atoms with van der Waals surface area (Å²) >= 11 is 9.57. The van der Waals surface area contributed by atoms with E-state index in [9.17, 15) is 0 Å². The van der Waals surface area contributed by atoms with Crippen molar-refractivity contribution in [2.45, 2.75) is 0 Å². The van der Waals surface area contributed by atoms with Gasteiger partial charge in [0.05, 0.1) is 10.2 Å². The smallest absolute Gasteiger partial charge is 0.184 e. The van der Waals surface area contributed by atoms with Gasteiger partial charge >= 0.3 is 0 Å². The van der Waals surface area contributed by atoms with Gasteiger partial charge in [-0.05, 0) is 34.7 Å². The Bertz CT molecular complexity index is 398. The van der Waals surface area contributed by atoms with E-state index in [0.717, 1.165) is 5.52 Å². The first-order valence-electron chi connectivity index (χ1n) is 2.98. The maximum Gasteiger partial charge on any atom is 0.184 e. The summed E-state index contributed by atoms with van der Waals surface area (Å²) in [5, 5.41) is 0. The second-order valence-electron chi connectivity index (χ2n) is 2.05. The molecular weight excluding hydrogens is 293 g/mol. The normalized spacial score (nSPS) is 10.7. The minimum atomic E-state index is 0.615. The molecule has 0 aliphatic rings. The maximum absolute atomic E-state index is 5.76. The van der Waals surface area contributed by atoms with E-state index in [1.165, 1.54) is 19.6 Å². The fourth-order valence-electron chi connectivity index (χ4n) is 0.888. The molecule has 0 aliphatic carbocycles. The summed E-state index contributed by atoms with van der Waals surface area (Å²) in [5.41, 5.74) is 0.993. The van der Waals surface area contributed by atoms with E-state index in [0.29, 0.717) is 4.47 Å². The van der Waals surface area contributed by atoms with Crippen LogP contribution in [-0.4, -0.2) is 4.98 Å². The van der Waals surface area contributed by atoms with Crippen LogP contribution >= 0.6 is 45.5 Å². The Morgan fingerprint density at radius 3 is 3.00 bits per heavy atom. The largest absolute Gasteiger partial charge is 0.225 e. The van der Waals surface area contributed by atoms with Crippen molar-refractivity contribution < 1.29 is 0 Å². The molecule has 0 fully saturated rings. The summed E-state index contributed by atoms with van der Waals surface area (Å²) in [6.45, 7) is 0. The summed E-state index contributed by atoms with van der Waals surface area (Å²) in [6, 6.07) is 6.01.